The van der Waals surface area contributed by atoms with Gasteiger partial charge in [-0.25, -0.2) is 4.79 Å². The number of aromatic carboxylic acids is 1. The van der Waals surface area contributed by atoms with Crippen LogP contribution in [-0.2, 0) is 11.3 Å². The van der Waals surface area contributed by atoms with Crippen LogP contribution in [0.15, 0.2) is 67.0 Å². The molecule has 1 N–H and O–H groups in total. The summed E-state index contributed by atoms with van der Waals surface area (Å²) in [7, 11) is 1.60. The van der Waals surface area contributed by atoms with Crippen molar-refractivity contribution < 1.29 is 24.1 Å². The molecule has 7 nitrogen and oxygen atoms in total. The molecule has 1 atom stereocenters. The van der Waals surface area contributed by atoms with Crippen molar-refractivity contribution in [2.45, 2.75) is 25.7 Å². The third-order valence-electron chi connectivity index (χ3n) is 5.10. The van der Waals surface area contributed by atoms with E-state index in [9.17, 15) is 9.90 Å². The summed E-state index contributed by atoms with van der Waals surface area (Å²) in [5.41, 5.74) is 2.85. The standard InChI is InChI=1S/C24H24N2O5/c1-29-21-8-7-20(15-22(21)31-23-6-3-13-30-23)26(16-17-9-11-25-12-10-17)19-5-2-4-18(14-19)24(27)28/h2,4-5,7-12,14-15,23H,3,6,13,16H2,1H3,(H,27,28). The molecule has 1 aromatic heterocycles. The van der Waals surface area contributed by atoms with Gasteiger partial charge in [0.1, 0.15) is 0 Å². The Morgan fingerprint density at radius 2 is 1.94 bits per heavy atom. The number of aromatic nitrogens is 1. The van der Waals surface area contributed by atoms with E-state index in [-0.39, 0.29) is 11.9 Å². The zero-order valence-corrected chi connectivity index (χ0v) is 17.2. The molecular weight excluding hydrogens is 396 g/mol. The molecule has 0 amide bonds. The second-order valence-electron chi connectivity index (χ2n) is 7.19. The molecular formula is C24H24N2O5. The molecule has 0 spiro atoms. The highest BCUT2D eigenvalue weighted by Gasteiger charge is 2.21. The largest absolute Gasteiger partial charge is 0.493 e. The predicted molar refractivity (Wildman–Crippen MR) is 116 cm³/mol. The van der Waals surface area contributed by atoms with Gasteiger partial charge in [0.25, 0.3) is 0 Å². The summed E-state index contributed by atoms with van der Waals surface area (Å²) in [6, 6.07) is 16.4. The summed E-state index contributed by atoms with van der Waals surface area (Å²) >= 11 is 0. The lowest BCUT2D eigenvalue weighted by Gasteiger charge is -2.27. The summed E-state index contributed by atoms with van der Waals surface area (Å²) in [5.74, 6) is 0.228. The summed E-state index contributed by atoms with van der Waals surface area (Å²) in [6.07, 6.45) is 4.97. The normalized spacial score (nSPS) is 15.5. The Kier molecular flexibility index (Phi) is 6.33. The van der Waals surface area contributed by atoms with Crippen molar-refractivity contribution in [3.63, 3.8) is 0 Å². The van der Waals surface area contributed by atoms with Gasteiger partial charge in [-0.05, 0) is 54.4 Å². The minimum absolute atomic E-state index is 0.224. The molecule has 1 aliphatic heterocycles. The van der Waals surface area contributed by atoms with Gasteiger partial charge in [-0.15, -0.1) is 0 Å². The maximum atomic E-state index is 11.5. The fraction of sp³-hybridized carbons (Fsp3) is 0.250. The Bertz CT molecular complexity index is 1040. The fourth-order valence-electron chi connectivity index (χ4n) is 3.52. The molecule has 0 aliphatic carbocycles. The van der Waals surface area contributed by atoms with Crippen molar-refractivity contribution in [3.8, 4) is 11.5 Å². The van der Waals surface area contributed by atoms with Gasteiger partial charge < -0.3 is 24.2 Å². The van der Waals surface area contributed by atoms with Crippen molar-refractivity contribution in [1.29, 1.82) is 0 Å². The number of carboxylic acid groups (broad SMARTS) is 1. The number of carboxylic acids is 1. The highest BCUT2D eigenvalue weighted by atomic mass is 16.7. The number of benzene rings is 2. The number of nitrogens with zero attached hydrogens (tertiary/aromatic N) is 2. The molecule has 31 heavy (non-hydrogen) atoms. The first-order valence-electron chi connectivity index (χ1n) is 10.1. The number of carbonyl (C=O) groups is 1. The van der Waals surface area contributed by atoms with Crippen LogP contribution >= 0.6 is 0 Å². The van der Waals surface area contributed by atoms with Crippen LogP contribution in [-0.4, -0.2) is 36.1 Å². The number of rotatable bonds is 8. The van der Waals surface area contributed by atoms with Gasteiger partial charge >= 0.3 is 5.97 Å². The first-order valence-corrected chi connectivity index (χ1v) is 10.1. The van der Waals surface area contributed by atoms with E-state index in [1.54, 1.807) is 37.7 Å². The minimum atomic E-state index is -0.970. The van der Waals surface area contributed by atoms with Crippen LogP contribution in [0.5, 0.6) is 11.5 Å². The van der Waals surface area contributed by atoms with Gasteiger partial charge in [-0.1, -0.05) is 6.07 Å². The van der Waals surface area contributed by atoms with E-state index in [4.69, 9.17) is 14.2 Å². The van der Waals surface area contributed by atoms with Crippen molar-refractivity contribution >= 4 is 17.3 Å². The number of hydrogen-bond acceptors (Lipinski definition) is 6. The molecule has 7 heteroatoms. The first kappa shape index (κ1) is 20.7. The summed E-state index contributed by atoms with van der Waals surface area (Å²) < 4.78 is 17.2. The van der Waals surface area contributed by atoms with Crippen LogP contribution in [0.1, 0.15) is 28.8 Å². The maximum absolute atomic E-state index is 11.5. The zero-order chi connectivity index (χ0) is 21.6. The average Bonchev–Trinajstić information content (AvgIpc) is 3.31. The smallest absolute Gasteiger partial charge is 0.335 e. The highest BCUT2D eigenvalue weighted by molar-refractivity contribution is 5.89. The molecule has 1 saturated heterocycles. The second kappa shape index (κ2) is 9.49. The quantitative estimate of drug-likeness (QED) is 0.568. The summed E-state index contributed by atoms with van der Waals surface area (Å²) in [4.78, 5) is 17.6. The molecule has 0 saturated carbocycles. The Morgan fingerprint density at radius 3 is 2.65 bits per heavy atom. The number of pyridine rings is 1. The second-order valence-corrected chi connectivity index (χ2v) is 7.19. The Hall–Kier alpha value is -3.58. The molecule has 4 rings (SSSR count). The van der Waals surface area contributed by atoms with Crippen molar-refractivity contribution in [3.05, 3.63) is 78.1 Å². The van der Waals surface area contributed by atoms with Crippen LogP contribution in [0.25, 0.3) is 0 Å². The Morgan fingerprint density at radius 1 is 1.13 bits per heavy atom. The predicted octanol–water partition coefficient (Wildman–Crippen LogP) is 4.64. The van der Waals surface area contributed by atoms with Crippen LogP contribution in [0, 0.1) is 0 Å². The molecule has 0 bridgehead atoms. The van der Waals surface area contributed by atoms with E-state index < -0.39 is 5.97 Å². The van der Waals surface area contributed by atoms with E-state index in [2.05, 4.69) is 4.98 Å². The molecule has 160 valence electrons. The van der Waals surface area contributed by atoms with Crippen LogP contribution in [0.3, 0.4) is 0 Å². The van der Waals surface area contributed by atoms with Gasteiger partial charge in [0, 0.05) is 42.8 Å². The van der Waals surface area contributed by atoms with Crippen molar-refractivity contribution in [2.24, 2.45) is 0 Å². The molecule has 1 aliphatic rings. The molecule has 2 heterocycles. The molecule has 0 radical (unpaired) electrons. The molecule has 2 aromatic carbocycles. The molecule has 1 fully saturated rings. The van der Waals surface area contributed by atoms with E-state index in [0.29, 0.717) is 24.7 Å². The van der Waals surface area contributed by atoms with E-state index in [1.165, 1.54) is 0 Å². The van der Waals surface area contributed by atoms with Crippen LogP contribution < -0.4 is 14.4 Å². The van der Waals surface area contributed by atoms with Gasteiger partial charge in [-0.3, -0.25) is 4.98 Å². The summed E-state index contributed by atoms with van der Waals surface area (Å²) in [6.45, 7) is 1.21. The fourth-order valence-corrected chi connectivity index (χ4v) is 3.52. The SMILES string of the molecule is COc1ccc(N(Cc2ccncc2)c2cccc(C(=O)O)c2)cc1OC1CCCO1. The Labute approximate surface area is 180 Å². The first-order chi connectivity index (χ1) is 15.1. The molecule has 3 aromatic rings. The number of anilines is 2. The lowest BCUT2D eigenvalue weighted by atomic mass is 10.1. The third-order valence-corrected chi connectivity index (χ3v) is 5.10. The van der Waals surface area contributed by atoms with Crippen LogP contribution in [0.2, 0.25) is 0 Å². The van der Waals surface area contributed by atoms with Gasteiger partial charge in [0.15, 0.2) is 17.8 Å². The maximum Gasteiger partial charge on any atom is 0.335 e. The third kappa shape index (κ3) is 4.95. The minimum Gasteiger partial charge on any atom is -0.493 e. The van der Waals surface area contributed by atoms with E-state index >= 15 is 0 Å². The lowest BCUT2D eigenvalue weighted by molar-refractivity contribution is -0.0402. The zero-order valence-electron chi connectivity index (χ0n) is 17.2. The van der Waals surface area contributed by atoms with Crippen molar-refractivity contribution in [2.75, 3.05) is 18.6 Å². The highest BCUT2D eigenvalue weighted by Crippen LogP contribution is 2.37. The van der Waals surface area contributed by atoms with E-state index in [1.807, 2.05) is 41.3 Å². The van der Waals surface area contributed by atoms with Gasteiger partial charge in [0.2, 0.25) is 0 Å². The molecule has 1 unspecified atom stereocenters. The average molecular weight is 420 g/mol. The van der Waals surface area contributed by atoms with E-state index in [0.717, 1.165) is 29.8 Å². The monoisotopic (exact) mass is 420 g/mol. The van der Waals surface area contributed by atoms with Crippen molar-refractivity contribution in [1.82, 2.24) is 4.98 Å². The number of methoxy groups -OCH3 is 1. The summed E-state index contributed by atoms with van der Waals surface area (Å²) in [5, 5.41) is 9.45. The number of hydrogen-bond donors (Lipinski definition) is 1. The van der Waals surface area contributed by atoms with Gasteiger partial charge in [0.05, 0.1) is 19.3 Å². The van der Waals surface area contributed by atoms with Gasteiger partial charge in [-0.2, -0.15) is 0 Å². The Balaban J connectivity index is 1.73. The number of ether oxygens (including phenoxy) is 3. The topological polar surface area (TPSA) is 81.1 Å². The lowest BCUT2D eigenvalue weighted by Crippen LogP contribution is -2.18. The van der Waals surface area contributed by atoms with Crippen LogP contribution in [0.4, 0.5) is 11.4 Å².